The Morgan fingerprint density at radius 3 is 0.925 bits per heavy atom. The zero-order valence-corrected chi connectivity index (χ0v) is 22.1. The molecule has 0 aromatic heterocycles. The molecule has 0 bridgehead atoms. The smallest absolute Gasteiger partial charge is 0.184 e. The summed E-state index contributed by atoms with van der Waals surface area (Å²) in [6, 6.07) is 58.4. The second kappa shape index (κ2) is 11.1. The van der Waals surface area contributed by atoms with Crippen LogP contribution in [-0.2, 0) is 11.2 Å². The maximum Gasteiger partial charge on any atom is 0.184 e. The van der Waals surface area contributed by atoms with E-state index in [0.717, 1.165) is 33.4 Å². The molecule has 2 nitrogen and oxygen atoms in total. The average molecular weight is 519 g/mol. The van der Waals surface area contributed by atoms with Crippen LogP contribution in [0.3, 0.4) is 0 Å². The summed E-state index contributed by atoms with van der Waals surface area (Å²) in [4.78, 5) is 0. The van der Waals surface area contributed by atoms with Gasteiger partial charge in [0.1, 0.15) is 11.4 Å². The Bertz CT molecular complexity index is 1500. The highest BCUT2D eigenvalue weighted by molar-refractivity contribution is 5.51. The van der Waals surface area contributed by atoms with E-state index >= 15 is 0 Å². The fourth-order valence-corrected chi connectivity index (χ4v) is 5.50. The van der Waals surface area contributed by atoms with Gasteiger partial charge in [0, 0.05) is 16.7 Å². The van der Waals surface area contributed by atoms with Crippen molar-refractivity contribution in [3.63, 3.8) is 0 Å². The first kappa shape index (κ1) is 25.4. The van der Waals surface area contributed by atoms with Crippen molar-refractivity contribution < 1.29 is 9.84 Å². The number of hydrogen-bond donors (Lipinski definition) is 1. The van der Waals surface area contributed by atoms with Crippen LogP contribution in [-0.4, -0.2) is 5.11 Å². The molecule has 0 fully saturated rings. The molecule has 0 saturated heterocycles. The molecule has 1 N–H and O–H groups in total. The van der Waals surface area contributed by atoms with Crippen LogP contribution in [0.15, 0.2) is 176 Å². The van der Waals surface area contributed by atoms with Gasteiger partial charge in [0.05, 0.1) is 0 Å². The fourth-order valence-electron chi connectivity index (χ4n) is 5.50. The van der Waals surface area contributed by atoms with Crippen molar-refractivity contribution in [1.29, 1.82) is 0 Å². The first-order valence-electron chi connectivity index (χ1n) is 13.5. The predicted octanol–water partition coefficient (Wildman–Crippen LogP) is 8.34. The normalized spacial score (nSPS) is 11.6. The largest absolute Gasteiger partial charge is 0.473 e. The van der Waals surface area contributed by atoms with E-state index < -0.39 is 11.2 Å². The van der Waals surface area contributed by atoms with Gasteiger partial charge in [-0.05, 0) is 28.8 Å². The SMILES string of the molecule is OC(c1ccccc1)(c1ccccc1)c1ccc(OC(c2ccccc2)(c2ccccc2)c2ccccc2)cc1. The predicted molar refractivity (Wildman–Crippen MR) is 161 cm³/mol. The van der Waals surface area contributed by atoms with Crippen LogP contribution in [0.4, 0.5) is 0 Å². The number of aliphatic hydroxyl groups is 1. The molecule has 0 amide bonds. The summed E-state index contributed by atoms with van der Waals surface area (Å²) in [6.45, 7) is 0. The van der Waals surface area contributed by atoms with E-state index in [1.807, 2.05) is 140 Å². The number of benzene rings is 6. The Morgan fingerprint density at radius 2 is 0.600 bits per heavy atom. The second-order valence-corrected chi connectivity index (χ2v) is 9.85. The van der Waals surface area contributed by atoms with Crippen LogP contribution >= 0.6 is 0 Å². The fraction of sp³-hybridized carbons (Fsp3) is 0.0526. The van der Waals surface area contributed by atoms with Gasteiger partial charge >= 0.3 is 0 Å². The van der Waals surface area contributed by atoms with Gasteiger partial charge < -0.3 is 9.84 Å². The monoisotopic (exact) mass is 518 g/mol. The molecule has 0 aliphatic heterocycles. The molecule has 0 aliphatic rings. The van der Waals surface area contributed by atoms with Crippen molar-refractivity contribution in [1.82, 2.24) is 0 Å². The Hall–Kier alpha value is -4.92. The molecular weight excluding hydrogens is 488 g/mol. The van der Waals surface area contributed by atoms with E-state index in [2.05, 4.69) is 36.4 Å². The molecule has 0 radical (unpaired) electrons. The van der Waals surface area contributed by atoms with Crippen molar-refractivity contribution in [3.8, 4) is 5.75 Å². The standard InChI is InChI=1S/C38H30O2/c39-37(30-16-6-1-7-17-30,31-18-8-2-9-19-31)32-26-28-36(29-27-32)40-38(33-20-10-3-11-21-33,34-22-12-4-13-23-34)35-24-14-5-15-25-35/h1-29,39H. The van der Waals surface area contributed by atoms with Crippen LogP contribution < -0.4 is 4.74 Å². The third-order valence-electron chi connectivity index (χ3n) is 7.47. The topological polar surface area (TPSA) is 29.5 Å². The van der Waals surface area contributed by atoms with Crippen molar-refractivity contribution in [2.45, 2.75) is 11.2 Å². The molecule has 0 aliphatic carbocycles. The molecule has 0 spiro atoms. The van der Waals surface area contributed by atoms with E-state index in [-0.39, 0.29) is 0 Å². The minimum Gasteiger partial charge on any atom is -0.473 e. The van der Waals surface area contributed by atoms with E-state index in [9.17, 15) is 5.11 Å². The lowest BCUT2D eigenvalue weighted by atomic mass is 9.79. The van der Waals surface area contributed by atoms with Crippen LogP contribution in [0.25, 0.3) is 0 Å². The average Bonchev–Trinajstić information content (AvgIpc) is 3.05. The third kappa shape index (κ3) is 4.59. The van der Waals surface area contributed by atoms with Gasteiger partial charge in [-0.1, -0.05) is 164 Å². The molecule has 6 aromatic rings. The van der Waals surface area contributed by atoms with E-state index in [0.29, 0.717) is 5.75 Å². The lowest BCUT2D eigenvalue weighted by molar-refractivity contribution is 0.125. The lowest BCUT2D eigenvalue weighted by Gasteiger charge is -2.36. The van der Waals surface area contributed by atoms with Crippen molar-refractivity contribution in [2.75, 3.05) is 0 Å². The molecule has 0 saturated carbocycles. The third-order valence-corrected chi connectivity index (χ3v) is 7.47. The molecule has 0 heterocycles. The van der Waals surface area contributed by atoms with E-state index in [4.69, 9.17) is 4.74 Å². The maximum absolute atomic E-state index is 12.2. The zero-order valence-electron chi connectivity index (χ0n) is 22.1. The molecule has 0 atom stereocenters. The quantitative estimate of drug-likeness (QED) is 0.205. The second-order valence-electron chi connectivity index (χ2n) is 9.85. The van der Waals surface area contributed by atoms with Crippen LogP contribution in [0.2, 0.25) is 0 Å². The highest BCUT2D eigenvalue weighted by Crippen LogP contribution is 2.42. The number of rotatable bonds is 8. The van der Waals surface area contributed by atoms with Gasteiger partial charge in [-0.3, -0.25) is 0 Å². The van der Waals surface area contributed by atoms with Crippen LogP contribution in [0.5, 0.6) is 5.75 Å². The summed E-state index contributed by atoms with van der Waals surface area (Å²) in [5.41, 5.74) is 3.28. The summed E-state index contributed by atoms with van der Waals surface area (Å²) >= 11 is 0. The van der Waals surface area contributed by atoms with Crippen molar-refractivity contribution in [2.24, 2.45) is 0 Å². The van der Waals surface area contributed by atoms with Gasteiger partial charge in [-0.2, -0.15) is 0 Å². The highest BCUT2D eigenvalue weighted by atomic mass is 16.5. The molecule has 194 valence electrons. The van der Waals surface area contributed by atoms with E-state index in [1.165, 1.54) is 0 Å². The van der Waals surface area contributed by atoms with Crippen molar-refractivity contribution in [3.05, 3.63) is 209 Å². The first-order chi connectivity index (χ1) is 19.7. The highest BCUT2D eigenvalue weighted by Gasteiger charge is 2.39. The molecule has 40 heavy (non-hydrogen) atoms. The zero-order chi connectivity index (χ0) is 27.3. The summed E-state index contributed by atoms with van der Waals surface area (Å²) in [5, 5.41) is 12.2. The Labute approximate surface area is 235 Å². The van der Waals surface area contributed by atoms with Gasteiger partial charge in [-0.15, -0.1) is 0 Å². The van der Waals surface area contributed by atoms with E-state index in [1.54, 1.807) is 0 Å². The maximum atomic E-state index is 12.2. The summed E-state index contributed by atoms with van der Waals surface area (Å²) in [6.07, 6.45) is 0. The first-order valence-corrected chi connectivity index (χ1v) is 13.5. The van der Waals surface area contributed by atoms with Crippen molar-refractivity contribution >= 4 is 0 Å². The minimum absolute atomic E-state index is 0.698. The lowest BCUT2D eigenvalue weighted by Crippen LogP contribution is -2.36. The molecule has 6 rings (SSSR count). The minimum atomic E-state index is -1.31. The van der Waals surface area contributed by atoms with Crippen LogP contribution in [0.1, 0.15) is 33.4 Å². The molecule has 6 aromatic carbocycles. The Balaban J connectivity index is 1.48. The van der Waals surface area contributed by atoms with Gasteiger partial charge in [0.25, 0.3) is 0 Å². The molecular formula is C38H30O2. The van der Waals surface area contributed by atoms with Gasteiger partial charge in [0.15, 0.2) is 5.60 Å². The van der Waals surface area contributed by atoms with Crippen LogP contribution in [0, 0.1) is 0 Å². The number of ether oxygens (including phenoxy) is 1. The summed E-state index contributed by atoms with van der Waals surface area (Å²) in [5.74, 6) is 0.698. The van der Waals surface area contributed by atoms with Gasteiger partial charge in [-0.25, -0.2) is 0 Å². The molecule has 0 unspecified atom stereocenters. The Morgan fingerprint density at radius 1 is 0.325 bits per heavy atom. The van der Waals surface area contributed by atoms with Gasteiger partial charge in [0.2, 0.25) is 0 Å². The summed E-state index contributed by atoms with van der Waals surface area (Å²) in [7, 11) is 0. The Kier molecular flexibility index (Phi) is 7.01. The molecule has 2 heteroatoms. The summed E-state index contributed by atoms with van der Waals surface area (Å²) < 4.78 is 7.06. The number of hydrogen-bond acceptors (Lipinski definition) is 2.